The van der Waals surface area contributed by atoms with Crippen molar-refractivity contribution < 1.29 is 14.6 Å². The Labute approximate surface area is 59.2 Å². The molecule has 0 radical (unpaired) electrons. The van der Waals surface area contributed by atoms with Crippen LogP contribution in [0.2, 0.25) is 0 Å². The highest BCUT2D eigenvalue weighted by atomic mass is 16.6. The lowest BCUT2D eigenvalue weighted by Crippen LogP contribution is -2.44. The molecule has 0 aromatic heterocycles. The van der Waals surface area contributed by atoms with Crippen molar-refractivity contribution in [3.8, 4) is 0 Å². The molecule has 1 unspecified atom stereocenters. The lowest BCUT2D eigenvalue weighted by molar-refractivity contribution is -0.188. The zero-order valence-corrected chi connectivity index (χ0v) is 5.89. The van der Waals surface area contributed by atoms with E-state index in [1.54, 1.807) is 0 Å². The van der Waals surface area contributed by atoms with Gasteiger partial charge in [-0.25, -0.2) is 0 Å². The van der Waals surface area contributed by atoms with Crippen molar-refractivity contribution in [2.45, 2.75) is 18.6 Å². The van der Waals surface area contributed by atoms with E-state index in [0.717, 1.165) is 6.42 Å². The van der Waals surface area contributed by atoms with Crippen molar-refractivity contribution >= 4 is 5.91 Å². The Balaban J connectivity index is 2.58. The number of likely N-dealkylation sites (N-methyl/N-ethyl adjacent to an activating group) is 1. The van der Waals surface area contributed by atoms with E-state index in [1.165, 1.54) is 7.05 Å². The number of hydrogen-bond acceptors (Lipinski definition) is 3. The highest BCUT2D eigenvalue weighted by Crippen LogP contribution is 2.21. The van der Waals surface area contributed by atoms with E-state index in [1.807, 2.05) is 0 Å². The number of aliphatic hydroxyl groups is 1. The number of ether oxygens (including phenoxy) is 1. The fraction of sp³-hybridized carbons (Fsp3) is 0.833. The van der Waals surface area contributed by atoms with Crippen LogP contribution in [0.4, 0.5) is 0 Å². The molecule has 58 valence electrons. The van der Waals surface area contributed by atoms with Crippen LogP contribution in [-0.4, -0.2) is 30.5 Å². The summed E-state index contributed by atoms with van der Waals surface area (Å²) in [7, 11) is 1.47. The predicted molar refractivity (Wildman–Crippen MR) is 34.2 cm³/mol. The average Bonchev–Trinajstić information content (AvgIpc) is 2.36. The van der Waals surface area contributed by atoms with Crippen LogP contribution < -0.4 is 5.32 Å². The summed E-state index contributed by atoms with van der Waals surface area (Å²) in [6, 6.07) is 0. The Morgan fingerprint density at radius 2 is 2.50 bits per heavy atom. The highest BCUT2D eigenvalue weighted by Gasteiger charge is 2.39. The van der Waals surface area contributed by atoms with Crippen molar-refractivity contribution in [1.29, 1.82) is 0 Å². The molecule has 1 rings (SSSR count). The number of nitrogens with one attached hydrogen (secondary N) is 1. The third-order valence-corrected chi connectivity index (χ3v) is 1.58. The summed E-state index contributed by atoms with van der Waals surface area (Å²) in [6.45, 7) is 0.462. The zero-order chi connectivity index (χ0) is 7.61. The maximum Gasteiger partial charge on any atom is 0.279 e. The number of carbonyl (C=O) groups is 1. The summed E-state index contributed by atoms with van der Waals surface area (Å²) in [5.74, 6) is -2.00. The molecule has 0 saturated carbocycles. The van der Waals surface area contributed by atoms with Gasteiger partial charge in [0.25, 0.3) is 5.91 Å². The molecule has 4 nitrogen and oxygen atoms in total. The van der Waals surface area contributed by atoms with Gasteiger partial charge in [0.05, 0.1) is 6.61 Å². The maximum atomic E-state index is 10.8. The van der Waals surface area contributed by atoms with Crippen LogP contribution in [-0.2, 0) is 9.53 Å². The van der Waals surface area contributed by atoms with Crippen LogP contribution in [0.1, 0.15) is 12.8 Å². The lowest BCUT2D eigenvalue weighted by Gasteiger charge is -2.18. The van der Waals surface area contributed by atoms with Gasteiger partial charge in [0, 0.05) is 13.5 Å². The van der Waals surface area contributed by atoms with Crippen LogP contribution >= 0.6 is 0 Å². The minimum Gasteiger partial charge on any atom is -0.358 e. The van der Waals surface area contributed by atoms with Crippen LogP contribution in [0.3, 0.4) is 0 Å². The van der Waals surface area contributed by atoms with E-state index >= 15 is 0 Å². The lowest BCUT2D eigenvalue weighted by atomic mass is 10.2. The molecule has 0 aromatic carbocycles. The van der Waals surface area contributed by atoms with Gasteiger partial charge in [-0.1, -0.05) is 0 Å². The number of amides is 1. The van der Waals surface area contributed by atoms with E-state index < -0.39 is 11.7 Å². The third-order valence-electron chi connectivity index (χ3n) is 1.58. The number of rotatable bonds is 1. The van der Waals surface area contributed by atoms with Crippen LogP contribution in [0, 0.1) is 0 Å². The second-order valence-corrected chi connectivity index (χ2v) is 2.32. The molecular weight excluding hydrogens is 134 g/mol. The number of carbonyl (C=O) groups excluding carboxylic acids is 1. The minimum atomic E-state index is -1.55. The summed E-state index contributed by atoms with van der Waals surface area (Å²) in [5, 5.41) is 11.7. The van der Waals surface area contributed by atoms with Crippen molar-refractivity contribution in [2.75, 3.05) is 13.7 Å². The zero-order valence-electron chi connectivity index (χ0n) is 5.89. The summed E-state index contributed by atoms with van der Waals surface area (Å²) >= 11 is 0. The molecule has 1 heterocycles. The molecule has 1 fully saturated rings. The van der Waals surface area contributed by atoms with E-state index in [2.05, 4.69) is 5.32 Å². The summed E-state index contributed by atoms with van der Waals surface area (Å²) in [4.78, 5) is 10.8. The normalized spacial score (nSPS) is 32.2. The summed E-state index contributed by atoms with van der Waals surface area (Å²) in [5.41, 5.74) is 0. The van der Waals surface area contributed by atoms with Gasteiger partial charge in [-0.05, 0) is 6.42 Å². The molecule has 1 amide bonds. The summed E-state index contributed by atoms with van der Waals surface area (Å²) < 4.78 is 4.84. The van der Waals surface area contributed by atoms with Crippen LogP contribution in [0.5, 0.6) is 0 Å². The van der Waals surface area contributed by atoms with E-state index in [4.69, 9.17) is 4.74 Å². The molecule has 1 aliphatic rings. The molecule has 1 saturated heterocycles. The molecule has 10 heavy (non-hydrogen) atoms. The quantitative estimate of drug-likeness (QED) is 0.509. The topological polar surface area (TPSA) is 58.6 Å². The fourth-order valence-electron chi connectivity index (χ4n) is 0.999. The van der Waals surface area contributed by atoms with Crippen molar-refractivity contribution in [1.82, 2.24) is 5.32 Å². The van der Waals surface area contributed by atoms with Crippen LogP contribution in [0.15, 0.2) is 0 Å². The van der Waals surface area contributed by atoms with E-state index in [9.17, 15) is 9.90 Å². The minimum absolute atomic E-state index is 0.396. The van der Waals surface area contributed by atoms with Gasteiger partial charge in [0.2, 0.25) is 5.79 Å². The molecule has 0 bridgehead atoms. The molecule has 4 heteroatoms. The van der Waals surface area contributed by atoms with Gasteiger partial charge >= 0.3 is 0 Å². The Morgan fingerprint density at radius 1 is 1.80 bits per heavy atom. The van der Waals surface area contributed by atoms with Gasteiger partial charge < -0.3 is 15.2 Å². The smallest absolute Gasteiger partial charge is 0.279 e. The fourth-order valence-corrected chi connectivity index (χ4v) is 0.999. The monoisotopic (exact) mass is 145 g/mol. The first-order valence-corrected chi connectivity index (χ1v) is 3.27. The molecule has 2 N–H and O–H groups in total. The SMILES string of the molecule is CNC(=O)C1(O)CCCO1. The number of hydrogen-bond donors (Lipinski definition) is 2. The Bertz CT molecular complexity index is 140. The first-order valence-electron chi connectivity index (χ1n) is 3.27. The van der Waals surface area contributed by atoms with Gasteiger partial charge in [-0.15, -0.1) is 0 Å². The molecule has 1 aliphatic heterocycles. The van der Waals surface area contributed by atoms with E-state index in [0.29, 0.717) is 13.0 Å². The Morgan fingerprint density at radius 3 is 2.90 bits per heavy atom. The van der Waals surface area contributed by atoms with Crippen molar-refractivity contribution in [2.24, 2.45) is 0 Å². The largest absolute Gasteiger partial charge is 0.358 e. The molecule has 0 aromatic rings. The third kappa shape index (κ3) is 1.12. The maximum absolute atomic E-state index is 10.8. The van der Waals surface area contributed by atoms with Gasteiger partial charge in [-0.2, -0.15) is 0 Å². The van der Waals surface area contributed by atoms with Crippen molar-refractivity contribution in [3.63, 3.8) is 0 Å². The second kappa shape index (κ2) is 2.56. The van der Waals surface area contributed by atoms with Gasteiger partial charge in [0.15, 0.2) is 0 Å². The molecule has 1 atom stereocenters. The highest BCUT2D eigenvalue weighted by molar-refractivity contribution is 5.83. The summed E-state index contributed by atoms with van der Waals surface area (Å²) in [6.07, 6.45) is 1.14. The first-order chi connectivity index (χ1) is 4.69. The Kier molecular flexibility index (Phi) is 1.92. The Hall–Kier alpha value is -0.610. The molecular formula is C6H11NO3. The predicted octanol–water partition coefficient (Wildman–Crippen LogP) is -0.769. The average molecular weight is 145 g/mol. The van der Waals surface area contributed by atoms with Gasteiger partial charge in [-0.3, -0.25) is 4.79 Å². The molecule has 0 aliphatic carbocycles. The first kappa shape index (κ1) is 7.50. The standard InChI is InChI=1S/C6H11NO3/c1-7-5(8)6(9)3-2-4-10-6/h9H,2-4H2,1H3,(H,7,8). The van der Waals surface area contributed by atoms with Crippen LogP contribution in [0.25, 0.3) is 0 Å². The second-order valence-electron chi connectivity index (χ2n) is 2.32. The van der Waals surface area contributed by atoms with Crippen molar-refractivity contribution in [3.05, 3.63) is 0 Å². The van der Waals surface area contributed by atoms with E-state index in [-0.39, 0.29) is 0 Å². The molecule has 0 spiro atoms. The van der Waals surface area contributed by atoms with Gasteiger partial charge in [0.1, 0.15) is 0 Å².